The Morgan fingerprint density at radius 3 is 2.79 bits per heavy atom. The predicted molar refractivity (Wildman–Crippen MR) is 80.6 cm³/mol. The molecule has 0 radical (unpaired) electrons. The maximum Gasteiger partial charge on any atom is 0.313 e. The molecule has 0 spiro atoms. The molecule has 1 aromatic rings. The number of carboxylic acids is 1. The molecule has 104 valence electrons. The van der Waals surface area contributed by atoms with Crippen molar-refractivity contribution in [3.63, 3.8) is 0 Å². The first-order valence-electron chi connectivity index (χ1n) is 5.80. The first kappa shape index (κ1) is 16.0. The van der Waals surface area contributed by atoms with Gasteiger partial charge in [-0.2, -0.15) is 0 Å². The Bertz CT molecular complexity index is 465. The molecular formula is C13H16BrNO3S. The summed E-state index contributed by atoms with van der Waals surface area (Å²) in [5.74, 6) is -0.205. The maximum atomic E-state index is 11.7. The second-order valence-corrected chi connectivity index (χ2v) is 6.02. The fourth-order valence-electron chi connectivity index (χ4n) is 1.42. The first-order valence-corrected chi connectivity index (χ1v) is 7.75. The first-order chi connectivity index (χ1) is 8.99. The molecule has 4 nitrogen and oxygen atoms in total. The summed E-state index contributed by atoms with van der Waals surface area (Å²) in [5, 5.41) is 11.2. The van der Waals surface area contributed by atoms with Crippen LogP contribution in [0, 0.1) is 6.92 Å². The van der Waals surface area contributed by atoms with Crippen LogP contribution >= 0.6 is 27.7 Å². The molecule has 0 unspecified atom stereocenters. The Labute approximate surface area is 125 Å². The van der Waals surface area contributed by atoms with Crippen LogP contribution in [0.4, 0.5) is 0 Å². The van der Waals surface area contributed by atoms with Crippen LogP contribution < -0.4 is 5.32 Å². The minimum absolute atomic E-state index is 0.0494. The van der Waals surface area contributed by atoms with Crippen molar-refractivity contribution in [2.24, 2.45) is 0 Å². The SMILES string of the molecule is Cc1ccc(CC(=O)NCCSCC(=O)O)cc1Br. The molecule has 0 aliphatic heterocycles. The van der Waals surface area contributed by atoms with Gasteiger partial charge in [-0.15, -0.1) is 11.8 Å². The van der Waals surface area contributed by atoms with Crippen molar-refractivity contribution < 1.29 is 14.7 Å². The molecule has 6 heteroatoms. The van der Waals surface area contributed by atoms with Gasteiger partial charge in [0.25, 0.3) is 0 Å². The summed E-state index contributed by atoms with van der Waals surface area (Å²) in [6.07, 6.45) is 0.336. The van der Waals surface area contributed by atoms with Gasteiger partial charge in [-0.25, -0.2) is 0 Å². The summed E-state index contributed by atoms with van der Waals surface area (Å²) in [6.45, 7) is 2.48. The Hall–Kier alpha value is -1.01. The molecule has 2 N–H and O–H groups in total. The second-order valence-electron chi connectivity index (χ2n) is 4.06. The number of hydrogen-bond donors (Lipinski definition) is 2. The summed E-state index contributed by atoms with van der Waals surface area (Å²) in [5.41, 5.74) is 2.09. The molecular weight excluding hydrogens is 330 g/mol. The van der Waals surface area contributed by atoms with Crippen molar-refractivity contribution in [1.29, 1.82) is 0 Å². The lowest BCUT2D eigenvalue weighted by atomic mass is 10.1. The fourth-order valence-corrected chi connectivity index (χ4v) is 2.41. The summed E-state index contributed by atoms with van der Waals surface area (Å²) in [4.78, 5) is 21.9. The van der Waals surface area contributed by atoms with Crippen LogP contribution in [0.3, 0.4) is 0 Å². The van der Waals surface area contributed by atoms with Crippen LogP contribution in [0.2, 0.25) is 0 Å². The molecule has 0 bridgehead atoms. The van der Waals surface area contributed by atoms with Crippen molar-refractivity contribution >= 4 is 39.6 Å². The molecule has 0 aliphatic carbocycles. The zero-order valence-electron chi connectivity index (χ0n) is 10.6. The van der Waals surface area contributed by atoms with Crippen LogP contribution in [-0.4, -0.2) is 35.0 Å². The quantitative estimate of drug-likeness (QED) is 0.743. The number of halogens is 1. The van der Waals surface area contributed by atoms with E-state index in [0.717, 1.165) is 15.6 Å². The van der Waals surface area contributed by atoms with Crippen LogP contribution in [0.1, 0.15) is 11.1 Å². The summed E-state index contributed by atoms with van der Waals surface area (Å²) < 4.78 is 0.995. The highest BCUT2D eigenvalue weighted by atomic mass is 79.9. The van der Waals surface area contributed by atoms with Crippen LogP contribution in [0.15, 0.2) is 22.7 Å². The van der Waals surface area contributed by atoms with Gasteiger partial charge in [-0.3, -0.25) is 9.59 Å². The van der Waals surface area contributed by atoms with Crippen molar-refractivity contribution in [3.8, 4) is 0 Å². The van der Waals surface area contributed by atoms with E-state index in [4.69, 9.17) is 5.11 Å². The van der Waals surface area contributed by atoms with Gasteiger partial charge in [0, 0.05) is 16.8 Å². The highest BCUT2D eigenvalue weighted by Crippen LogP contribution is 2.17. The van der Waals surface area contributed by atoms with Gasteiger partial charge in [-0.1, -0.05) is 28.1 Å². The van der Waals surface area contributed by atoms with Crippen molar-refractivity contribution in [2.45, 2.75) is 13.3 Å². The molecule has 0 heterocycles. The van der Waals surface area contributed by atoms with Gasteiger partial charge >= 0.3 is 5.97 Å². The molecule has 0 saturated carbocycles. The zero-order valence-corrected chi connectivity index (χ0v) is 13.0. The number of hydrogen-bond acceptors (Lipinski definition) is 3. The molecule has 1 rings (SSSR count). The van der Waals surface area contributed by atoms with Gasteiger partial charge in [0.15, 0.2) is 0 Å². The molecule has 1 amide bonds. The molecule has 19 heavy (non-hydrogen) atoms. The standard InChI is InChI=1S/C13H16BrNO3S/c1-9-2-3-10(6-11(9)14)7-12(16)15-4-5-19-8-13(17)18/h2-3,6H,4-5,7-8H2,1H3,(H,15,16)(H,17,18). The number of amides is 1. The van der Waals surface area contributed by atoms with Gasteiger partial charge in [-0.05, 0) is 24.1 Å². The fraction of sp³-hybridized carbons (Fsp3) is 0.385. The largest absolute Gasteiger partial charge is 0.481 e. The molecule has 0 aromatic heterocycles. The van der Waals surface area contributed by atoms with E-state index in [0.29, 0.717) is 18.7 Å². The van der Waals surface area contributed by atoms with E-state index >= 15 is 0 Å². The third-order valence-corrected chi connectivity index (χ3v) is 4.19. The van der Waals surface area contributed by atoms with E-state index in [1.165, 1.54) is 11.8 Å². The smallest absolute Gasteiger partial charge is 0.313 e. The average Bonchev–Trinajstić information content (AvgIpc) is 2.33. The average molecular weight is 346 g/mol. The van der Waals surface area contributed by atoms with E-state index in [2.05, 4.69) is 21.2 Å². The molecule has 0 fully saturated rings. The van der Waals surface area contributed by atoms with E-state index in [1.54, 1.807) is 0 Å². The predicted octanol–water partition coefficient (Wildman–Crippen LogP) is 2.23. The third kappa shape index (κ3) is 6.63. The minimum Gasteiger partial charge on any atom is -0.481 e. The second kappa shape index (κ2) is 8.22. The highest BCUT2D eigenvalue weighted by Gasteiger charge is 2.05. The summed E-state index contributed by atoms with van der Waals surface area (Å²) >= 11 is 4.72. The van der Waals surface area contributed by atoms with Gasteiger partial charge in [0.2, 0.25) is 5.91 Å². The Balaban J connectivity index is 2.27. The number of carboxylic acid groups (broad SMARTS) is 1. The minimum atomic E-state index is -0.833. The van der Waals surface area contributed by atoms with Crippen LogP contribution in [0.25, 0.3) is 0 Å². The van der Waals surface area contributed by atoms with Gasteiger partial charge < -0.3 is 10.4 Å². The Morgan fingerprint density at radius 2 is 2.16 bits per heavy atom. The van der Waals surface area contributed by atoms with E-state index in [1.807, 2.05) is 25.1 Å². The van der Waals surface area contributed by atoms with Gasteiger partial charge in [0.05, 0.1) is 12.2 Å². The number of aryl methyl sites for hydroxylation is 1. The number of carbonyl (C=O) groups excluding carboxylic acids is 1. The number of rotatable bonds is 7. The number of thioether (sulfide) groups is 1. The lowest BCUT2D eigenvalue weighted by Crippen LogP contribution is -2.27. The van der Waals surface area contributed by atoms with E-state index in [9.17, 15) is 9.59 Å². The topological polar surface area (TPSA) is 66.4 Å². The monoisotopic (exact) mass is 345 g/mol. The van der Waals surface area contributed by atoms with Gasteiger partial charge in [0.1, 0.15) is 0 Å². The Kier molecular flexibility index (Phi) is 6.94. The summed E-state index contributed by atoms with van der Waals surface area (Å²) in [6, 6.07) is 5.84. The maximum absolute atomic E-state index is 11.7. The highest BCUT2D eigenvalue weighted by molar-refractivity contribution is 9.10. The molecule has 0 atom stereocenters. The number of benzene rings is 1. The number of aliphatic carboxylic acids is 1. The normalized spacial score (nSPS) is 10.2. The molecule has 0 aliphatic rings. The summed E-state index contributed by atoms with van der Waals surface area (Å²) in [7, 11) is 0. The number of nitrogens with one attached hydrogen (secondary N) is 1. The van der Waals surface area contributed by atoms with Crippen LogP contribution in [0.5, 0.6) is 0 Å². The van der Waals surface area contributed by atoms with E-state index in [-0.39, 0.29) is 11.7 Å². The lowest BCUT2D eigenvalue weighted by Gasteiger charge is -2.06. The van der Waals surface area contributed by atoms with Crippen molar-refractivity contribution in [2.75, 3.05) is 18.1 Å². The van der Waals surface area contributed by atoms with Crippen molar-refractivity contribution in [1.82, 2.24) is 5.32 Å². The van der Waals surface area contributed by atoms with Crippen LogP contribution in [-0.2, 0) is 16.0 Å². The van der Waals surface area contributed by atoms with E-state index < -0.39 is 5.97 Å². The zero-order chi connectivity index (χ0) is 14.3. The lowest BCUT2D eigenvalue weighted by molar-refractivity contribution is -0.133. The number of carbonyl (C=O) groups is 2. The third-order valence-electron chi connectivity index (χ3n) is 2.40. The molecule has 1 aromatic carbocycles. The van der Waals surface area contributed by atoms with Crippen molar-refractivity contribution in [3.05, 3.63) is 33.8 Å². The Morgan fingerprint density at radius 1 is 1.42 bits per heavy atom. The molecule has 0 saturated heterocycles.